The summed E-state index contributed by atoms with van der Waals surface area (Å²) in [5.41, 5.74) is 1.84. The molecule has 0 heterocycles. The molecule has 2 nitrogen and oxygen atoms in total. The average molecular weight is 346 g/mol. The molecule has 120 valence electrons. The van der Waals surface area contributed by atoms with Crippen molar-refractivity contribution in [3.8, 4) is 0 Å². The molecule has 1 amide bonds. The molecule has 2 aromatic rings. The van der Waals surface area contributed by atoms with E-state index >= 15 is 0 Å². The van der Waals surface area contributed by atoms with Crippen LogP contribution < -0.4 is 5.32 Å². The summed E-state index contributed by atoms with van der Waals surface area (Å²) >= 11 is 7.75. The van der Waals surface area contributed by atoms with Gasteiger partial charge in [0.2, 0.25) is 0 Å². The lowest BCUT2D eigenvalue weighted by Crippen LogP contribution is -2.25. The molecule has 2 aromatic carbocycles. The number of benzene rings is 2. The molecule has 0 spiro atoms. The lowest BCUT2D eigenvalue weighted by atomic mass is 10.1. The Kier molecular flexibility index (Phi) is 7.24. The van der Waals surface area contributed by atoms with Crippen LogP contribution in [0.1, 0.15) is 22.3 Å². The van der Waals surface area contributed by atoms with Crippen molar-refractivity contribution in [1.82, 2.24) is 5.32 Å². The predicted molar refractivity (Wildman–Crippen MR) is 99.5 cm³/mol. The third-order valence-corrected chi connectivity index (χ3v) is 4.79. The van der Waals surface area contributed by atoms with Crippen LogP contribution in [0, 0.1) is 0 Å². The first-order chi connectivity index (χ1) is 11.2. The van der Waals surface area contributed by atoms with E-state index in [1.165, 1.54) is 0 Å². The Morgan fingerprint density at radius 2 is 1.91 bits per heavy atom. The molecule has 4 heteroatoms. The third kappa shape index (κ3) is 5.45. The molecule has 0 saturated heterocycles. The van der Waals surface area contributed by atoms with E-state index in [1.54, 1.807) is 11.8 Å². The number of carbonyl (C=O) groups excluding carboxylic acids is 1. The fraction of sp³-hybridized carbons (Fsp3) is 0.211. The lowest BCUT2D eigenvalue weighted by Gasteiger charge is -2.09. The average Bonchev–Trinajstić information content (AvgIpc) is 2.58. The first-order valence-corrected chi connectivity index (χ1v) is 8.93. The largest absolute Gasteiger partial charge is 0.352 e. The van der Waals surface area contributed by atoms with Gasteiger partial charge >= 0.3 is 0 Å². The summed E-state index contributed by atoms with van der Waals surface area (Å²) in [5, 5.41) is 3.77. The van der Waals surface area contributed by atoms with Crippen molar-refractivity contribution in [3.63, 3.8) is 0 Å². The molecule has 0 atom stereocenters. The summed E-state index contributed by atoms with van der Waals surface area (Å²) in [6, 6.07) is 15.5. The van der Waals surface area contributed by atoms with Crippen LogP contribution in [0.15, 0.2) is 66.1 Å². The second kappa shape index (κ2) is 9.43. The topological polar surface area (TPSA) is 29.1 Å². The fourth-order valence-corrected chi connectivity index (χ4v) is 3.22. The first kappa shape index (κ1) is 17.6. The van der Waals surface area contributed by atoms with Gasteiger partial charge in [-0.15, -0.1) is 18.3 Å². The minimum atomic E-state index is -0.0312. The van der Waals surface area contributed by atoms with Crippen LogP contribution in [-0.4, -0.2) is 18.2 Å². The van der Waals surface area contributed by atoms with Crippen LogP contribution in [0.4, 0.5) is 0 Å². The van der Waals surface area contributed by atoms with E-state index in [0.717, 1.165) is 39.6 Å². The van der Waals surface area contributed by atoms with Crippen LogP contribution >= 0.6 is 23.4 Å². The number of hydrogen-bond donors (Lipinski definition) is 1. The van der Waals surface area contributed by atoms with E-state index in [1.807, 2.05) is 54.6 Å². The van der Waals surface area contributed by atoms with E-state index in [2.05, 4.69) is 11.9 Å². The molecule has 0 aromatic heterocycles. The smallest absolute Gasteiger partial charge is 0.252 e. The maximum absolute atomic E-state index is 12.3. The van der Waals surface area contributed by atoms with Gasteiger partial charge in [0.05, 0.1) is 5.56 Å². The van der Waals surface area contributed by atoms with Crippen molar-refractivity contribution in [3.05, 3.63) is 77.3 Å². The fourth-order valence-electron chi connectivity index (χ4n) is 2.21. The van der Waals surface area contributed by atoms with Gasteiger partial charge in [-0.3, -0.25) is 4.79 Å². The van der Waals surface area contributed by atoms with E-state index in [0.29, 0.717) is 6.54 Å². The molecule has 0 unspecified atom stereocenters. The van der Waals surface area contributed by atoms with Crippen molar-refractivity contribution in [2.45, 2.75) is 17.7 Å². The maximum atomic E-state index is 12.3. The lowest BCUT2D eigenvalue weighted by molar-refractivity contribution is 0.0950. The molecule has 2 rings (SSSR count). The van der Waals surface area contributed by atoms with Crippen molar-refractivity contribution in [2.75, 3.05) is 12.3 Å². The second-order valence-corrected chi connectivity index (χ2v) is 6.52. The predicted octanol–water partition coefficient (Wildman–Crippen LogP) is 4.98. The van der Waals surface area contributed by atoms with Crippen LogP contribution in [0.3, 0.4) is 0 Å². The van der Waals surface area contributed by atoms with Crippen LogP contribution in [0.2, 0.25) is 5.02 Å². The Morgan fingerprint density at radius 1 is 1.17 bits per heavy atom. The summed E-state index contributed by atoms with van der Waals surface area (Å²) in [7, 11) is 0. The number of hydrogen-bond acceptors (Lipinski definition) is 2. The van der Waals surface area contributed by atoms with Gasteiger partial charge in [0, 0.05) is 22.2 Å². The SMILES string of the molecule is C=CCSc1ccccc1C(=O)NCCCc1ccccc1Cl. The number of amides is 1. The number of halogens is 1. The molecule has 0 bridgehead atoms. The third-order valence-electron chi connectivity index (χ3n) is 3.35. The molecule has 23 heavy (non-hydrogen) atoms. The van der Waals surface area contributed by atoms with Gasteiger partial charge in [0.1, 0.15) is 0 Å². The molecule has 0 saturated carbocycles. The Labute approximate surface area is 146 Å². The number of thioether (sulfide) groups is 1. The van der Waals surface area contributed by atoms with Crippen LogP contribution in [-0.2, 0) is 6.42 Å². The highest BCUT2D eigenvalue weighted by molar-refractivity contribution is 7.99. The number of nitrogens with one attached hydrogen (secondary N) is 1. The number of aryl methyl sites for hydroxylation is 1. The van der Waals surface area contributed by atoms with Gasteiger partial charge in [-0.1, -0.05) is 48.0 Å². The second-order valence-electron chi connectivity index (χ2n) is 5.05. The molecule has 1 N–H and O–H groups in total. The van der Waals surface area contributed by atoms with E-state index < -0.39 is 0 Å². The maximum Gasteiger partial charge on any atom is 0.252 e. The van der Waals surface area contributed by atoms with Gasteiger partial charge < -0.3 is 5.32 Å². The van der Waals surface area contributed by atoms with Gasteiger partial charge in [0.25, 0.3) is 5.91 Å². The van der Waals surface area contributed by atoms with Crippen LogP contribution in [0.5, 0.6) is 0 Å². The zero-order valence-corrected chi connectivity index (χ0v) is 14.5. The molecular formula is C19H20ClNOS. The zero-order valence-electron chi connectivity index (χ0n) is 12.9. The highest BCUT2D eigenvalue weighted by Gasteiger charge is 2.10. The normalized spacial score (nSPS) is 10.3. The molecule has 0 fully saturated rings. The molecule has 0 aliphatic carbocycles. The van der Waals surface area contributed by atoms with Crippen molar-refractivity contribution in [1.29, 1.82) is 0 Å². The Hall–Kier alpha value is -1.71. The van der Waals surface area contributed by atoms with Crippen molar-refractivity contribution >= 4 is 29.3 Å². The van der Waals surface area contributed by atoms with E-state index in [9.17, 15) is 4.79 Å². The number of carbonyl (C=O) groups is 1. The van der Waals surface area contributed by atoms with Crippen LogP contribution in [0.25, 0.3) is 0 Å². The van der Waals surface area contributed by atoms with Gasteiger partial charge in [-0.05, 0) is 36.6 Å². The van der Waals surface area contributed by atoms with E-state index in [-0.39, 0.29) is 5.91 Å². The Balaban J connectivity index is 1.85. The standard InChI is InChI=1S/C19H20ClNOS/c1-2-14-23-18-12-6-4-10-16(18)19(22)21-13-7-9-15-8-3-5-11-17(15)20/h2-6,8,10-12H,1,7,9,13-14H2,(H,21,22). The molecule has 0 radical (unpaired) electrons. The Bertz CT molecular complexity index is 672. The minimum absolute atomic E-state index is 0.0312. The van der Waals surface area contributed by atoms with Crippen molar-refractivity contribution < 1.29 is 4.79 Å². The minimum Gasteiger partial charge on any atom is -0.352 e. The number of rotatable bonds is 8. The monoisotopic (exact) mass is 345 g/mol. The summed E-state index contributed by atoms with van der Waals surface area (Å²) in [5.74, 6) is 0.757. The molecule has 0 aliphatic heterocycles. The quantitative estimate of drug-likeness (QED) is 0.415. The zero-order chi connectivity index (χ0) is 16.5. The summed E-state index contributed by atoms with van der Waals surface area (Å²) in [4.78, 5) is 13.3. The van der Waals surface area contributed by atoms with Gasteiger partial charge in [-0.2, -0.15) is 0 Å². The first-order valence-electron chi connectivity index (χ1n) is 7.56. The van der Waals surface area contributed by atoms with Gasteiger partial charge in [0.15, 0.2) is 0 Å². The van der Waals surface area contributed by atoms with Crippen molar-refractivity contribution in [2.24, 2.45) is 0 Å². The Morgan fingerprint density at radius 3 is 2.70 bits per heavy atom. The highest BCUT2D eigenvalue weighted by Crippen LogP contribution is 2.22. The summed E-state index contributed by atoms with van der Waals surface area (Å²) in [6.45, 7) is 4.34. The molecular weight excluding hydrogens is 326 g/mol. The summed E-state index contributed by atoms with van der Waals surface area (Å²) < 4.78 is 0. The van der Waals surface area contributed by atoms with E-state index in [4.69, 9.17) is 11.6 Å². The highest BCUT2D eigenvalue weighted by atomic mass is 35.5. The molecule has 0 aliphatic rings. The summed E-state index contributed by atoms with van der Waals surface area (Å²) in [6.07, 6.45) is 3.55. The van der Waals surface area contributed by atoms with Gasteiger partial charge in [-0.25, -0.2) is 0 Å².